The minimum Gasteiger partial charge on any atom is -0.363 e. The highest BCUT2D eigenvalue weighted by Gasteiger charge is 2.11. The third kappa shape index (κ3) is 1.63. The van der Waals surface area contributed by atoms with Gasteiger partial charge in [0.1, 0.15) is 12.0 Å². The summed E-state index contributed by atoms with van der Waals surface area (Å²) in [7, 11) is 0. The first kappa shape index (κ1) is 9.51. The summed E-state index contributed by atoms with van der Waals surface area (Å²) in [5, 5.41) is 3.53. The summed E-state index contributed by atoms with van der Waals surface area (Å²) >= 11 is 0. The zero-order valence-electron chi connectivity index (χ0n) is 7.41. The SMILES string of the molecule is O=Cc1conc1-c1ccc(F)c(F)c1. The van der Waals surface area contributed by atoms with E-state index in [1.165, 1.54) is 6.07 Å². The van der Waals surface area contributed by atoms with Crippen LogP contribution in [0.15, 0.2) is 29.0 Å². The Balaban J connectivity index is 2.54. The van der Waals surface area contributed by atoms with E-state index in [9.17, 15) is 13.6 Å². The molecule has 0 aliphatic carbocycles. The van der Waals surface area contributed by atoms with Gasteiger partial charge in [0.2, 0.25) is 0 Å². The molecule has 0 bridgehead atoms. The highest BCUT2D eigenvalue weighted by Crippen LogP contribution is 2.22. The largest absolute Gasteiger partial charge is 0.363 e. The van der Waals surface area contributed by atoms with Crippen molar-refractivity contribution in [1.29, 1.82) is 0 Å². The maximum Gasteiger partial charge on any atom is 0.159 e. The van der Waals surface area contributed by atoms with Crippen molar-refractivity contribution in [2.45, 2.75) is 0 Å². The molecule has 0 radical (unpaired) electrons. The molecule has 1 aromatic carbocycles. The third-order valence-corrected chi connectivity index (χ3v) is 1.92. The Hall–Kier alpha value is -2.04. The second-order valence-electron chi connectivity index (χ2n) is 2.87. The molecule has 2 rings (SSSR count). The van der Waals surface area contributed by atoms with Gasteiger partial charge in [-0.1, -0.05) is 5.16 Å². The Morgan fingerprint density at radius 1 is 1.27 bits per heavy atom. The average molecular weight is 209 g/mol. The number of benzene rings is 1. The molecule has 0 N–H and O–H groups in total. The summed E-state index contributed by atoms with van der Waals surface area (Å²) in [6, 6.07) is 3.25. The minimum atomic E-state index is -0.993. The van der Waals surface area contributed by atoms with E-state index in [4.69, 9.17) is 0 Å². The average Bonchev–Trinajstić information content (AvgIpc) is 2.70. The van der Waals surface area contributed by atoms with E-state index in [1.54, 1.807) is 0 Å². The topological polar surface area (TPSA) is 43.1 Å². The fraction of sp³-hybridized carbons (Fsp3) is 0. The predicted octanol–water partition coefficient (Wildman–Crippen LogP) is 2.43. The molecule has 0 saturated heterocycles. The molecule has 1 aromatic heterocycles. The Bertz CT molecular complexity index is 508. The fourth-order valence-corrected chi connectivity index (χ4v) is 1.19. The van der Waals surface area contributed by atoms with Crippen LogP contribution in [-0.4, -0.2) is 11.4 Å². The van der Waals surface area contributed by atoms with Crippen LogP contribution in [0.1, 0.15) is 10.4 Å². The van der Waals surface area contributed by atoms with Gasteiger partial charge in [0.05, 0.1) is 5.56 Å². The lowest BCUT2D eigenvalue weighted by Crippen LogP contribution is -1.88. The van der Waals surface area contributed by atoms with Crippen molar-refractivity contribution in [1.82, 2.24) is 5.16 Å². The van der Waals surface area contributed by atoms with Gasteiger partial charge in [0.15, 0.2) is 17.9 Å². The van der Waals surface area contributed by atoms with Gasteiger partial charge in [-0.05, 0) is 18.2 Å². The molecule has 0 spiro atoms. The van der Waals surface area contributed by atoms with Gasteiger partial charge in [-0.25, -0.2) is 8.78 Å². The molecule has 2 aromatic rings. The first-order chi connectivity index (χ1) is 7.22. The zero-order chi connectivity index (χ0) is 10.8. The lowest BCUT2D eigenvalue weighted by Gasteiger charge is -1.97. The second-order valence-corrected chi connectivity index (χ2v) is 2.87. The van der Waals surface area contributed by atoms with Gasteiger partial charge in [-0.15, -0.1) is 0 Å². The molecule has 0 amide bonds. The van der Waals surface area contributed by atoms with Crippen LogP contribution in [0.4, 0.5) is 8.78 Å². The molecule has 0 saturated carbocycles. The molecule has 15 heavy (non-hydrogen) atoms. The number of carbonyl (C=O) groups is 1. The molecule has 0 fully saturated rings. The number of hydrogen-bond acceptors (Lipinski definition) is 3. The number of aldehydes is 1. The number of rotatable bonds is 2. The summed E-state index contributed by atoms with van der Waals surface area (Å²) < 4.78 is 30.1. The molecule has 0 unspecified atom stereocenters. The van der Waals surface area contributed by atoms with Gasteiger partial charge in [0, 0.05) is 5.56 Å². The summed E-state index contributed by atoms with van der Waals surface area (Å²) in [5.41, 5.74) is 0.689. The normalized spacial score (nSPS) is 10.3. The van der Waals surface area contributed by atoms with Crippen LogP contribution >= 0.6 is 0 Å². The van der Waals surface area contributed by atoms with Crippen molar-refractivity contribution in [3.8, 4) is 11.3 Å². The van der Waals surface area contributed by atoms with Gasteiger partial charge >= 0.3 is 0 Å². The van der Waals surface area contributed by atoms with E-state index in [2.05, 4.69) is 9.68 Å². The Morgan fingerprint density at radius 2 is 2.07 bits per heavy atom. The van der Waals surface area contributed by atoms with Crippen LogP contribution in [-0.2, 0) is 0 Å². The van der Waals surface area contributed by atoms with Crippen molar-refractivity contribution in [2.75, 3.05) is 0 Å². The molecular formula is C10H5F2NO2. The van der Waals surface area contributed by atoms with Gasteiger partial charge < -0.3 is 4.52 Å². The number of nitrogens with zero attached hydrogens (tertiary/aromatic N) is 1. The summed E-state index contributed by atoms with van der Waals surface area (Å²) in [6.07, 6.45) is 1.68. The van der Waals surface area contributed by atoms with E-state index in [-0.39, 0.29) is 11.3 Å². The van der Waals surface area contributed by atoms with E-state index in [0.717, 1.165) is 18.4 Å². The number of aromatic nitrogens is 1. The van der Waals surface area contributed by atoms with E-state index in [0.29, 0.717) is 11.8 Å². The van der Waals surface area contributed by atoms with Crippen molar-refractivity contribution < 1.29 is 18.1 Å². The standard InChI is InChI=1S/C10H5F2NO2/c11-8-2-1-6(3-9(8)12)10-7(4-14)5-15-13-10/h1-5H. The quantitative estimate of drug-likeness (QED) is 0.713. The molecule has 3 nitrogen and oxygen atoms in total. The molecule has 1 heterocycles. The van der Waals surface area contributed by atoms with Crippen LogP contribution in [0.2, 0.25) is 0 Å². The van der Waals surface area contributed by atoms with E-state index >= 15 is 0 Å². The number of halogens is 2. The summed E-state index contributed by atoms with van der Waals surface area (Å²) in [5.74, 6) is -1.94. The first-order valence-electron chi connectivity index (χ1n) is 4.07. The van der Waals surface area contributed by atoms with E-state index < -0.39 is 11.6 Å². The van der Waals surface area contributed by atoms with Gasteiger partial charge in [-0.2, -0.15) is 0 Å². The molecule has 0 atom stereocenters. The lowest BCUT2D eigenvalue weighted by atomic mass is 10.1. The highest BCUT2D eigenvalue weighted by molar-refractivity contribution is 5.84. The van der Waals surface area contributed by atoms with Crippen LogP contribution in [0.25, 0.3) is 11.3 Å². The van der Waals surface area contributed by atoms with Crippen molar-refractivity contribution in [3.63, 3.8) is 0 Å². The Labute approximate surface area is 83.3 Å². The maximum absolute atomic E-state index is 12.9. The fourth-order valence-electron chi connectivity index (χ4n) is 1.19. The molecular weight excluding hydrogens is 204 g/mol. The monoisotopic (exact) mass is 209 g/mol. The van der Waals surface area contributed by atoms with Crippen molar-refractivity contribution in [2.24, 2.45) is 0 Å². The maximum atomic E-state index is 12.9. The van der Waals surface area contributed by atoms with Crippen molar-refractivity contribution >= 4 is 6.29 Å². The van der Waals surface area contributed by atoms with Crippen molar-refractivity contribution in [3.05, 3.63) is 41.7 Å². The molecule has 0 aliphatic heterocycles. The van der Waals surface area contributed by atoms with Crippen LogP contribution in [0.5, 0.6) is 0 Å². The first-order valence-corrected chi connectivity index (χ1v) is 4.07. The second kappa shape index (κ2) is 3.61. The smallest absolute Gasteiger partial charge is 0.159 e. The summed E-state index contributed by atoms with van der Waals surface area (Å²) in [4.78, 5) is 10.5. The lowest BCUT2D eigenvalue weighted by molar-refractivity contribution is 0.112. The molecule has 5 heteroatoms. The van der Waals surface area contributed by atoms with E-state index in [1.807, 2.05) is 0 Å². The third-order valence-electron chi connectivity index (χ3n) is 1.92. The van der Waals surface area contributed by atoms with Gasteiger partial charge in [-0.3, -0.25) is 4.79 Å². The molecule has 76 valence electrons. The Morgan fingerprint density at radius 3 is 2.73 bits per heavy atom. The summed E-state index contributed by atoms with van der Waals surface area (Å²) in [6.45, 7) is 0. The van der Waals surface area contributed by atoms with Crippen LogP contribution < -0.4 is 0 Å². The number of hydrogen-bond donors (Lipinski definition) is 0. The highest BCUT2D eigenvalue weighted by atomic mass is 19.2. The zero-order valence-corrected chi connectivity index (χ0v) is 7.41. The van der Waals surface area contributed by atoms with Gasteiger partial charge in [0.25, 0.3) is 0 Å². The molecule has 0 aliphatic rings. The number of carbonyl (C=O) groups excluding carboxylic acids is 1. The van der Waals surface area contributed by atoms with Crippen LogP contribution in [0.3, 0.4) is 0 Å². The van der Waals surface area contributed by atoms with Crippen LogP contribution in [0, 0.1) is 11.6 Å². The Kier molecular flexibility index (Phi) is 2.29. The minimum absolute atomic E-state index is 0.195. The predicted molar refractivity (Wildman–Crippen MR) is 47.2 cm³/mol.